The van der Waals surface area contributed by atoms with E-state index in [0.717, 1.165) is 19.4 Å². The van der Waals surface area contributed by atoms with Gasteiger partial charge in [0.2, 0.25) is 10.0 Å². The summed E-state index contributed by atoms with van der Waals surface area (Å²) in [5, 5.41) is 0.135. The van der Waals surface area contributed by atoms with Gasteiger partial charge in [-0.15, -0.1) is 0 Å². The minimum atomic E-state index is -3.57. The Morgan fingerprint density at radius 3 is 2.68 bits per heavy atom. The number of unbranched alkanes of at least 4 members (excludes halogenated alkanes) is 1. The van der Waals surface area contributed by atoms with Crippen LogP contribution in [0, 0.1) is 0 Å². The van der Waals surface area contributed by atoms with Crippen LogP contribution in [0.1, 0.15) is 12.8 Å². The topological polar surface area (TPSA) is 88.3 Å². The molecule has 0 aliphatic rings. The molecule has 3 N–H and O–H groups in total. The van der Waals surface area contributed by atoms with Gasteiger partial charge in [0.25, 0.3) is 0 Å². The third-order valence-corrected chi connectivity index (χ3v) is 4.21. The van der Waals surface area contributed by atoms with Crippen LogP contribution < -0.4 is 10.5 Å². The van der Waals surface area contributed by atoms with Gasteiger partial charge in [-0.3, -0.25) is 0 Å². The highest BCUT2D eigenvalue weighted by molar-refractivity contribution is 7.89. The van der Waals surface area contributed by atoms with Gasteiger partial charge < -0.3 is 10.6 Å². The molecule has 1 aromatic heterocycles. The number of hydrogen-bond acceptors (Lipinski definition) is 5. The number of nitrogens with one attached hydrogen (secondary N) is 1. The molecule has 0 radical (unpaired) electrons. The summed E-state index contributed by atoms with van der Waals surface area (Å²) >= 11 is 5.75. The summed E-state index contributed by atoms with van der Waals surface area (Å²) in [6.45, 7) is 1.31. The minimum Gasteiger partial charge on any atom is -0.382 e. The van der Waals surface area contributed by atoms with Crippen molar-refractivity contribution in [2.75, 3.05) is 32.9 Å². The summed E-state index contributed by atoms with van der Waals surface area (Å²) in [5.41, 5.74) is 5.44. The van der Waals surface area contributed by atoms with Crippen LogP contribution in [0.15, 0.2) is 17.2 Å². The Kier molecular flexibility index (Phi) is 5.99. The van der Waals surface area contributed by atoms with Crippen molar-refractivity contribution in [1.82, 2.24) is 14.6 Å². The number of sulfonamides is 1. The van der Waals surface area contributed by atoms with E-state index < -0.39 is 10.0 Å². The van der Waals surface area contributed by atoms with Crippen LogP contribution in [0.4, 0.5) is 5.82 Å². The molecular weight excluding hydrogens is 288 g/mol. The third-order valence-electron chi connectivity index (χ3n) is 2.48. The predicted octanol–water partition coefficient (Wildman–Crippen LogP) is 0.937. The SMILES string of the molecule is CN(C)CCCCNS(=O)(=O)c1cnc(N)c(Cl)c1. The Bertz CT molecular complexity index is 519. The standard InChI is InChI=1S/C11H19ClN4O2S/c1-16(2)6-4-3-5-15-19(17,18)9-7-10(12)11(13)14-8-9/h7-8,15H,3-6H2,1-2H3,(H2,13,14). The molecule has 0 amide bonds. The number of rotatable bonds is 7. The first kappa shape index (κ1) is 16.2. The molecule has 0 saturated heterocycles. The summed E-state index contributed by atoms with van der Waals surface area (Å²) in [5.74, 6) is 0.117. The third kappa shape index (κ3) is 5.32. The predicted molar refractivity (Wildman–Crippen MR) is 76.6 cm³/mol. The first-order chi connectivity index (χ1) is 8.83. The largest absolute Gasteiger partial charge is 0.382 e. The zero-order valence-electron chi connectivity index (χ0n) is 11.1. The molecule has 108 valence electrons. The fourth-order valence-corrected chi connectivity index (χ4v) is 2.70. The molecule has 0 fully saturated rings. The van der Waals surface area contributed by atoms with E-state index in [1.165, 1.54) is 12.3 Å². The lowest BCUT2D eigenvalue weighted by atomic mass is 10.3. The number of aromatic nitrogens is 1. The summed E-state index contributed by atoms with van der Waals surface area (Å²) in [6, 6.07) is 1.30. The first-order valence-electron chi connectivity index (χ1n) is 5.88. The fraction of sp³-hybridized carbons (Fsp3) is 0.545. The molecule has 1 heterocycles. The second kappa shape index (κ2) is 7.04. The van der Waals surface area contributed by atoms with Crippen LogP contribution in [0.2, 0.25) is 5.02 Å². The summed E-state index contributed by atoms with van der Waals surface area (Å²) in [7, 11) is 0.390. The zero-order chi connectivity index (χ0) is 14.5. The van der Waals surface area contributed by atoms with Gasteiger partial charge in [-0.25, -0.2) is 18.1 Å². The number of nitrogens with two attached hydrogens (primary N) is 1. The Morgan fingerprint density at radius 1 is 1.42 bits per heavy atom. The molecule has 19 heavy (non-hydrogen) atoms. The second-order valence-electron chi connectivity index (χ2n) is 4.45. The van der Waals surface area contributed by atoms with Gasteiger partial charge in [-0.05, 0) is 39.5 Å². The lowest BCUT2D eigenvalue weighted by molar-refractivity contribution is 0.394. The van der Waals surface area contributed by atoms with Crippen molar-refractivity contribution in [3.63, 3.8) is 0 Å². The number of halogens is 1. The van der Waals surface area contributed by atoms with Crippen LogP contribution in [0.3, 0.4) is 0 Å². The van der Waals surface area contributed by atoms with Crippen LogP contribution in [0.5, 0.6) is 0 Å². The quantitative estimate of drug-likeness (QED) is 0.732. The van der Waals surface area contributed by atoms with Crippen molar-refractivity contribution in [2.45, 2.75) is 17.7 Å². The monoisotopic (exact) mass is 306 g/mol. The summed E-state index contributed by atoms with van der Waals surface area (Å²) in [6.07, 6.45) is 2.90. The van der Waals surface area contributed by atoms with Gasteiger partial charge in [-0.1, -0.05) is 11.6 Å². The molecule has 0 aromatic carbocycles. The summed E-state index contributed by atoms with van der Waals surface area (Å²) in [4.78, 5) is 5.81. The maximum atomic E-state index is 11.9. The minimum absolute atomic E-state index is 0.0271. The van der Waals surface area contributed by atoms with Gasteiger partial charge in [-0.2, -0.15) is 0 Å². The molecule has 0 bridgehead atoms. The maximum absolute atomic E-state index is 11.9. The Balaban J connectivity index is 2.54. The smallest absolute Gasteiger partial charge is 0.242 e. The number of nitrogens with zero attached hydrogens (tertiary/aromatic N) is 2. The zero-order valence-corrected chi connectivity index (χ0v) is 12.6. The highest BCUT2D eigenvalue weighted by atomic mass is 35.5. The van der Waals surface area contributed by atoms with Crippen LogP contribution in [-0.2, 0) is 10.0 Å². The van der Waals surface area contributed by atoms with Crippen molar-refractivity contribution >= 4 is 27.4 Å². The molecule has 0 atom stereocenters. The molecule has 0 spiro atoms. The molecule has 0 saturated carbocycles. The van der Waals surface area contributed by atoms with Crippen LogP contribution >= 0.6 is 11.6 Å². The van der Waals surface area contributed by atoms with Crippen LogP contribution in [0.25, 0.3) is 0 Å². The molecule has 1 aromatic rings. The van der Waals surface area contributed by atoms with Gasteiger partial charge in [0.1, 0.15) is 10.7 Å². The number of pyridine rings is 1. The van der Waals surface area contributed by atoms with Gasteiger partial charge >= 0.3 is 0 Å². The molecule has 8 heteroatoms. The molecule has 0 aliphatic heterocycles. The fourth-order valence-electron chi connectivity index (χ4n) is 1.42. The van der Waals surface area contributed by atoms with Crippen molar-refractivity contribution in [2.24, 2.45) is 0 Å². The van der Waals surface area contributed by atoms with E-state index in [1.807, 2.05) is 14.1 Å². The number of nitrogen functional groups attached to an aromatic ring is 1. The maximum Gasteiger partial charge on any atom is 0.242 e. The molecule has 6 nitrogen and oxygen atoms in total. The molecular formula is C11H19ClN4O2S. The normalized spacial score (nSPS) is 12.0. The average molecular weight is 307 g/mol. The van der Waals surface area contributed by atoms with Gasteiger partial charge in [0, 0.05) is 12.7 Å². The van der Waals surface area contributed by atoms with Crippen LogP contribution in [-0.4, -0.2) is 45.5 Å². The first-order valence-corrected chi connectivity index (χ1v) is 7.74. The molecule has 1 rings (SSSR count). The highest BCUT2D eigenvalue weighted by Gasteiger charge is 2.15. The van der Waals surface area contributed by atoms with E-state index in [4.69, 9.17) is 17.3 Å². The Hall–Kier alpha value is -0.890. The summed E-state index contributed by atoms with van der Waals surface area (Å²) < 4.78 is 26.4. The Labute approximate surface area is 119 Å². The lowest BCUT2D eigenvalue weighted by Gasteiger charge is -2.10. The Morgan fingerprint density at radius 2 is 2.11 bits per heavy atom. The highest BCUT2D eigenvalue weighted by Crippen LogP contribution is 2.19. The molecule has 0 aliphatic carbocycles. The van der Waals surface area contributed by atoms with Crippen molar-refractivity contribution < 1.29 is 8.42 Å². The second-order valence-corrected chi connectivity index (χ2v) is 6.62. The van der Waals surface area contributed by atoms with Crippen molar-refractivity contribution in [3.8, 4) is 0 Å². The van der Waals surface area contributed by atoms with Gasteiger partial charge in [0.15, 0.2) is 0 Å². The lowest BCUT2D eigenvalue weighted by Crippen LogP contribution is -2.25. The van der Waals surface area contributed by atoms with E-state index in [-0.39, 0.29) is 15.7 Å². The number of anilines is 1. The van der Waals surface area contributed by atoms with Crippen molar-refractivity contribution in [3.05, 3.63) is 17.3 Å². The van der Waals surface area contributed by atoms with Crippen molar-refractivity contribution in [1.29, 1.82) is 0 Å². The van der Waals surface area contributed by atoms with E-state index in [0.29, 0.717) is 6.54 Å². The molecule has 0 unspecified atom stereocenters. The van der Waals surface area contributed by atoms with E-state index >= 15 is 0 Å². The van der Waals surface area contributed by atoms with E-state index in [1.54, 1.807) is 0 Å². The van der Waals surface area contributed by atoms with Gasteiger partial charge in [0.05, 0.1) is 5.02 Å². The number of hydrogen-bond donors (Lipinski definition) is 2. The van der Waals surface area contributed by atoms with E-state index in [9.17, 15) is 8.42 Å². The van der Waals surface area contributed by atoms with E-state index in [2.05, 4.69) is 14.6 Å². The average Bonchev–Trinajstić information content (AvgIpc) is 2.31.